The molecule has 1 aromatic carbocycles. The number of urea groups is 1. The molecule has 154 valence electrons. The van der Waals surface area contributed by atoms with Crippen LogP contribution in [0.4, 0.5) is 4.79 Å². The Bertz CT molecular complexity index is 662. The Morgan fingerprint density at radius 3 is 2.75 bits per heavy atom. The quantitative estimate of drug-likeness (QED) is 0.710. The number of benzene rings is 1. The van der Waals surface area contributed by atoms with E-state index < -0.39 is 0 Å². The minimum Gasteiger partial charge on any atom is -0.491 e. The van der Waals surface area contributed by atoms with Gasteiger partial charge in [0.2, 0.25) is 5.91 Å². The summed E-state index contributed by atoms with van der Waals surface area (Å²) < 4.78 is 5.64. The fraction of sp³-hybridized carbons (Fsp3) is 0.619. The van der Waals surface area contributed by atoms with Crippen LogP contribution in [0.1, 0.15) is 32.3 Å². The van der Waals surface area contributed by atoms with Crippen molar-refractivity contribution in [3.05, 3.63) is 29.8 Å². The molecule has 0 saturated carbocycles. The number of ether oxygens (including phenoxy) is 1. The first-order valence-electron chi connectivity index (χ1n) is 10.3. The van der Waals surface area contributed by atoms with E-state index in [1.54, 1.807) is 0 Å². The van der Waals surface area contributed by atoms with Gasteiger partial charge in [0.15, 0.2) is 0 Å². The summed E-state index contributed by atoms with van der Waals surface area (Å²) in [6.07, 6.45) is 3.00. The molecule has 3 rings (SSSR count). The van der Waals surface area contributed by atoms with Crippen molar-refractivity contribution >= 4 is 11.9 Å². The zero-order chi connectivity index (χ0) is 19.9. The van der Waals surface area contributed by atoms with Gasteiger partial charge in [-0.15, -0.1) is 0 Å². The van der Waals surface area contributed by atoms with Crippen LogP contribution < -0.4 is 15.4 Å². The standard InChI is InChI=1S/C21H32N4O3/c1-16(2)28-19-7-5-17(6-8-19)9-10-22-20(26)15-24-12-3-4-18(14-24)25-13-11-23-21(25)27/h5-8,16,18H,3-4,9-15H2,1-2H3,(H,22,26)(H,23,27). The van der Waals surface area contributed by atoms with Gasteiger partial charge < -0.3 is 20.3 Å². The molecule has 0 aromatic heterocycles. The smallest absolute Gasteiger partial charge is 0.317 e. The highest BCUT2D eigenvalue weighted by atomic mass is 16.5. The van der Waals surface area contributed by atoms with Crippen molar-refractivity contribution in [3.8, 4) is 5.75 Å². The summed E-state index contributed by atoms with van der Waals surface area (Å²) in [5.74, 6) is 0.917. The normalized spacial score (nSPS) is 20.3. The summed E-state index contributed by atoms with van der Waals surface area (Å²) in [4.78, 5) is 28.2. The van der Waals surface area contributed by atoms with E-state index in [9.17, 15) is 9.59 Å². The Labute approximate surface area is 167 Å². The van der Waals surface area contributed by atoms with Crippen LogP contribution in [0.2, 0.25) is 0 Å². The highest BCUT2D eigenvalue weighted by Gasteiger charge is 2.31. The first-order valence-corrected chi connectivity index (χ1v) is 10.3. The average Bonchev–Trinajstić information content (AvgIpc) is 3.09. The van der Waals surface area contributed by atoms with Gasteiger partial charge in [-0.2, -0.15) is 0 Å². The van der Waals surface area contributed by atoms with E-state index in [0.717, 1.165) is 51.2 Å². The van der Waals surface area contributed by atoms with Crippen LogP contribution >= 0.6 is 0 Å². The van der Waals surface area contributed by atoms with Gasteiger partial charge in [-0.05, 0) is 57.4 Å². The van der Waals surface area contributed by atoms with Crippen LogP contribution in [0.3, 0.4) is 0 Å². The molecule has 1 unspecified atom stereocenters. The summed E-state index contributed by atoms with van der Waals surface area (Å²) in [5, 5.41) is 5.87. The van der Waals surface area contributed by atoms with Crippen molar-refractivity contribution in [2.24, 2.45) is 0 Å². The van der Waals surface area contributed by atoms with E-state index in [-0.39, 0.29) is 24.1 Å². The van der Waals surface area contributed by atoms with E-state index >= 15 is 0 Å². The largest absolute Gasteiger partial charge is 0.491 e. The number of hydrogen-bond acceptors (Lipinski definition) is 4. The third-order valence-corrected chi connectivity index (χ3v) is 5.21. The minimum absolute atomic E-state index is 0.0288. The number of likely N-dealkylation sites (tertiary alicyclic amines) is 1. The second-order valence-corrected chi connectivity index (χ2v) is 7.87. The van der Waals surface area contributed by atoms with E-state index in [1.807, 2.05) is 43.0 Å². The monoisotopic (exact) mass is 388 g/mol. The zero-order valence-corrected chi connectivity index (χ0v) is 16.9. The number of hydrogen-bond donors (Lipinski definition) is 2. The molecule has 0 bridgehead atoms. The maximum absolute atomic E-state index is 12.3. The average molecular weight is 389 g/mol. The second kappa shape index (κ2) is 9.78. The maximum atomic E-state index is 12.3. The summed E-state index contributed by atoms with van der Waals surface area (Å²) in [5.41, 5.74) is 1.18. The molecule has 2 aliphatic rings. The van der Waals surface area contributed by atoms with E-state index in [0.29, 0.717) is 13.1 Å². The van der Waals surface area contributed by atoms with Crippen molar-refractivity contribution in [1.29, 1.82) is 0 Å². The fourth-order valence-corrected chi connectivity index (χ4v) is 3.88. The molecular formula is C21H32N4O3. The first-order chi connectivity index (χ1) is 13.5. The Morgan fingerprint density at radius 2 is 2.07 bits per heavy atom. The lowest BCUT2D eigenvalue weighted by Gasteiger charge is -2.36. The molecule has 2 heterocycles. The molecule has 28 heavy (non-hydrogen) atoms. The van der Waals surface area contributed by atoms with Crippen LogP contribution in [0.5, 0.6) is 5.75 Å². The Hall–Kier alpha value is -2.28. The van der Waals surface area contributed by atoms with Gasteiger partial charge in [0.1, 0.15) is 5.75 Å². The first kappa shape index (κ1) is 20.5. The summed E-state index contributed by atoms with van der Waals surface area (Å²) in [7, 11) is 0. The van der Waals surface area contributed by atoms with Gasteiger partial charge in [0.25, 0.3) is 0 Å². The van der Waals surface area contributed by atoms with Gasteiger partial charge in [-0.1, -0.05) is 12.1 Å². The number of amides is 3. The second-order valence-electron chi connectivity index (χ2n) is 7.87. The molecule has 2 saturated heterocycles. The minimum atomic E-state index is 0.0288. The molecule has 7 heteroatoms. The fourth-order valence-electron chi connectivity index (χ4n) is 3.88. The number of piperidine rings is 1. The van der Waals surface area contributed by atoms with Gasteiger partial charge in [0.05, 0.1) is 12.6 Å². The molecule has 0 spiro atoms. The number of carbonyl (C=O) groups is 2. The molecule has 7 nitrogen and oxygen atoms in total. The predicted octanol–water partition coefficient (Wildman–Crippen LogP) is 1.62. The third-order valence-electron chi connectivity index (χ3n) is 5.21. The summed E-state index contributed by atoms with van der Waals surface area (Å²) in [6, 6.07) is 8.27. The molecule has 2 fully saturated rings. The maximum Gasteiger partial charge on any atom is 0.317 e. The molecular weight excluding hydrogens is 356 g/mol. The van der Waals surface area contributed by atoms with Crippen molar-refractivity contribution in [3.63, 3.8) is 0 Å². The van der Waals surface area contributed by atoms with Gasteiger partial charge in [-0.25, -0.2) is 4.79 Å². The summed E-state index contributed by atoms with van der Waals surface area (Å²) in [6.45, 7) is 8.21. The van der Waals surface area contributed by atoms with Crippen molar-refractivity contribution in [1.82, 2.24) is 20.4 Å². The Morgan fingerprint density at radius 1 is 1.29 bits per heavy atom. The van der Waals surface area contributed by atoms with Crippen LogP contribution in [0, 0.1) is 0 Å². The number of nitrogens with zero attached hydrogens (tertiary/aromatic N) is 2. The molecule has 2 aliphatic heterocycles. The third kappa shape index (κ3) is 5.86. The van der Waals surface area contributed by atoms with Gasteiger partial charge in [0, 0.05) is 32.2 Å². The number of carbonyl (C=O) groups excluding carboxylic acids is 2. The predicted molar refractivity (Wildman–Crippen MR) is 108 cm³/mol. The van der Waals surface area contributed by atoms with Crippen LogP contribution in [0.25, 0.3) is 0 Å². The lowest BCUT2D eigenvalue weighted by Crippen LogP contribution is -2.51. The lowest BCUT2D eigenvalue weighted by molar-refractivity contribution is -0.122. The van der Waals surface area contributed by atoms with E-state index in [4.69, 9.17) is 4.74 Å². The molecule has 1 atom stereocenters. The molecule has 0 aliphatic carbocycles. The zero-order valence-electron chi connectivity index (χ0n) is 16.9. The van der Waals surface area contributed by atoms with Crippen LogP contribution in [0.15, 0.2) is 24.3 Å². The molecule has 2 N–H and O–H groups in total. The van der Waals surface area contributed by atoms with Crippen molar-refractivity contribution in [2.75, 3.05) is 39.3 Å². The SMILES string of the molecule is CC(C)Oc1ccc(CCNC(=O)CN2CCCC(N3CCNC3=O)C2)cc1. The molecule has 3 amide bonds. The van der Waals surface area contributed by atoms with Gasteiger partial charge >= 0.3 is 6.03 Å². The number of nitrogens with one attached hydrogen (secondary N) is 2. The number of rotatable bonds is 8. The Balaban J connectivity index is 1.37. The highest BCUT2D eigenvalue weighted by Crippen LogP contribution is 2.17. The van der Waals surface area contributed by atoms with E-state index in [1.165, 1.54) is 5.56 Å². The summed E-state index contributed by atoms with van der Waals surface area (Å²) >= 11 is 0. The highest BCUT2D eigenvalue weighted by molar-refractivity contribution is 5.78. The molecule has 1 aromatic rings. The van der Waals surface area contributed by atoms with E-state index in [2.05, 4.69) is 15.5 Å². The van der Waals surface area contributed by atoms with Gasteiger partial charge in [-0.3, -0.25) is 9.69 Å². The lowest BCUT2D eigenvalue weighted by atomic mass is 10.0. The topological polar surface area (TPSA) is 73.9 Å². The van der Waals surface area contributed by atoms with Crippen LogP contribution in [-0.4, -0.2) is 73.2 Å². The molecule has 0 radical (unpaired) electrons. The Kier molecular flexibility index (Phi) is 7.14. The van der Waals surface area contributed by atoms with Crippen LogP contribution in [-0.2, 0) is 11.2 Å². The van der Waals surface area contributed by atoms with Crippen molar-refractivity contribution in [2.45, 2.75) is 45.3 Å². The van der Waals surface area contributed by atoms with Crippen molar-refractivity contribution < 1.29 is 14.3 Å².